The maximum atomic E-state index is 12.2. The van der Waals surface area contributed by atoms with E-state index in [0.29, 0.717) is 12.0 Å². The van der Waals surface area contributed by atoms with Gasteiger partial charge in [-0.2, -0.15) is 0 Å². The summed E-state index contributed by atoms with van der Waals surface area (Å²) in [5.74, 6) is -1.14. The van der Waals surface area contributed by atoms with Crippen molar-refractivity contribution in [3.63, 3.8) is 0 Å². The zero-order chi connectivity index (χ0) is 16.2. The van der Waals surface area contributed by atoms with Crippen molar-refractivity contribution >= 4 is 16.0 Å². The third-order valence-electron chi connectivity index (χ3n) is 3.30. The van der Waals surface area contributed by atoms with Crippen molar-refractivity contribution in [2.24, 2.45) is 0 Å². The molecule has 0 aliphatic heterocycles. The Morgan fingerprint density at radius 2 is 1.82 bits per heavy atom. The van der Waals surface area contributed by atoms with Crippen LogP contribution in [0.1, 0.15) is 21.5 Å². The Morgan fingerprint density at radius 3 is 2.45 bits per heavy atom. The fourth-order valence-corrected chi connectivity index (χ4v) is 3.11. The van der Waals surface area contributed by atoms with Crippen LogP contribution < -0.4 is 4.72 Å². The molecule has 0 saturated carbocycles. The predicted molar refractivity (Wildman–Crippen MR) is 83.5 cm³/mol. The molecule has 0 spiro atoms. The van der Waals surface area contributed by atoms with Gasteiger partial charge < -0.3 is 5.11 Å². The largest absolute Gasteiger partial charge is 0.478 e. The summed E-state index contributed by atoms with van der Waals surface area (Å²) in [6.07, 6.45) is 0.567. The minimum absolute atomic E-state index is 0.00839. The molecule has 0 amide bonds. The Morgan fingerprint density at radius 1 is 1.14 bits per heavy atom. The average molecular weight is 319 g/mol. The van der Waals surface area contributed by atoms with E-state index in [9.17, 15) is 13.2 Å². The fourth-order valence-electron chi connectivity index (χ4n) is 2.06. The van der Waals surface area contributed by atoms with E-state index < -0.39 is 16.0 Å². The summed E-state index contributed by atoms with van der Waals surface area (Å²) >= 11 is 0. The van der Waals surface area contributed by atoms with Crippen molar-refractivity contribution in [2.45, 2.75) is 18.2 Å². The summed E-state index contributed by atoms with van der Waals surface area (Å²) in [6.45, 7) is 1.88. The number of nitrogens with one attached hydrogen (secondary N) is 1. The van der Waals surface area contributed by atoms with E-state index in [1.807, 2.05) is 30.3 Å². The molecule has 0 radical (unpaired) electrons. The lowest BCUT2D eigenvalue weighted by molar-refractivity contribution is 0.0696. The molecule has 2 aromatic carbocycles. The first-order chi connectivity index (χ1) is 10.4. The first-order valence-corrected chi connectivity index (χ1v) is 8.26. The molecule has 0 fully saturated rings. The van der Waals surface area contributed by atoms with Crippen LogP contribution >= 0.6 is 0 Å². The van der Waals surface area contributed by atoms with Gasteiger partial charge in [0.25, 0.3) is 0 Å². The van der Waals surface area contributed by atoms with Crippen LogP contribution in [-0.2, 0) is 16.4 Å². The number of rotatable bonds is 6. The topological polar surface area (TPSA) is 83.5 Å². The number of hydrogen-bond acceptors (Lipinski definition) is 3. The highest BCUT2D eigenvalue weighted by Crippen LogP contribution is 2.15. The standard InChI is InChI=1S/C16H17NO4S/c1-12-7-8-14(11-15(12)16(18)19)22(20,21)17-10-9-13-5-3-2-4-6-13/h2-8,11,17H,9-10H2,1H3,(H,18,19). The van der Waals surface area contributed by atoms with Gasteiger partial charge in [-0.15, -0.1) is 0 Å². The third kappa shape index (κ3) is 3.93. The van der Waals surface area contributed by atoms with E-state index in [1.165, 1.54) is 18.2 Å². The maximum absolute atomic E-state index is 12.2. The number of carboxylic acids is 1. The molecule has 6 heteroatoms. The van der Waals surface area contributed by atoms with E-state index in [0.717, 1.165) is 5.56 Å². The maximum Gasteiger partial charge on any atom is 0.335 e. The monoisotopic (exact) mass is 319 g/mol. The summed E-state index contributed by atoms with van der Waals surface area (Å²) in [7, 11) is -3.72. The zero-order valence-corrected chi connectivity index (χ0v) is 12.9. The number of carboxylic acid groups (broad SMARTS) is 1. The van der Waals surface area contributed by atoms with Gasteiger partial charge in [0.1, 0.15) is 0 Å². The molecular weight excluding hydrogens is 302 g/mol. The van der Waals surface area contributed by atoms with Gasteiger partial charge >= 0.3 is 5.97 Å². The normalized spacial score (nSPS) is 11.3. The van der Waals surface area contributed by atoms with Crippen LogP contribution in [0.5, 0.6) is 0 Å². The van der Waals surface area contributed by atoms with Crippen LogP contribution in [0.4, 0.5) is 0 Å². The number of aromatic carboxylic acids is 1. The van der Waals surface area contributed by atoms with Crippen LogP contribution in [0.25, 0.3) is 0 Å². The summed E-state index contributed by atoms with van der Waals surface area (Å²) in [5, 5.41) is 9.07. The Labute approximate surface area is 129 Å². The molecule has 5 nitrogen and oxygen atoms in total. The Hall–Kier alpha value is -2.18. The second-order valence-electron chi connectivity index (χ2n) is 4.92. The molecule has 0 aromatic heterocycles. The lowest BCUT2D eigenvalue weighted by Crippen LogP contribution is -2.26. The lowest BCUT2D eigenvalue weighted by atomic mass is 10.1. The first-order valence-electron chi connectivity index (χ1n) is 6.78. The predicted octanol–water partition coefficient (Wildman–Crippen LogP) is 2.21. The Balaban J connectivity index is 2.10. The molecule has 2 rings (SSSR count). The molecular formula is C16H17NO4S. The van der Waals surface area contributed by atoms with E-state index in [4.69, 9.17) is 5.11 Å². The molecule has 0 unspecified atom stereocenters. The van der Waals surface area contributed by atoms with Crippen LogP contribution in [0.15, 0.2) is 53.4 Å². The van der Waals surface area contributed by atoms with E-state index in [2.05, 4.69) is 4.72 Å². The summed E-state index contributed by atoms with van der Waals surface area (Å²) < 4.78 is 26.9. The van der Waals surface area contributed by atoms with Gasteiger partial charge in [0.15, 0.2) is 0 Å². The summed E-state index contributed by atoms with van der Waals surface area (Å²) in [6, 6.07) is 13.6. The number of sulfonamides is 1. The molecule has 2 aromatic rings. The molecule has 0 atom stereocenters. The second-order valence-corrected chi connectivity index (χ2v) is 6.68. The van der Waals surface area contributed by atoms with E-state index >= 15 is 0 Å². The van der Waals surface area contributed by atoms with Crippen LogP contribution in [0.2, 0.25) is 0 Å². The van der Waals surface area contributed by atoms with Crippen LogP contribution in [-0.4, -0.2) is 26.0 Å². The van der Waals surface area contributed by atoms with E-state index in [-0.39, 0.29) is 17.0 Å². The molecule has 116 valence electrons. The average Bonchev–Trinajstić information content (AvgIpc) is 2.48. The van der Waals surface area contributed by atoms with Gasteiger partial charge in [0, 0.05) is 6.54 Å². The number of carbonyl (C=O) groups is 1. The van der Waals surface area contributed by atoms with Crippen molar-refractivity contribution in [3.05, 3.63) is 65.2 Å². The smallest absolute Gasteiger partial charge is 0.335 e. The Bertz CT molecular complexity index is 770. The van der Waals surface area contributed by atoms with Crippen molar-refractivity contribution in [3.8, 4) is 0 Å². The van der Waals surface area contributed by atoms with Crippen LogP contribution in [0.3, 0.4) is 0 Å². The van der Waals surface area contributed by atoms with Crippen molar-refractivity contribution in [1.29, 1.82) is 0 Å². The van der Waals surface area contributed by atoms with Gasteiger partial charge in [-0.3, -0.25) is 0 Å². The molecule has 2 N–H and O–H groups in total. The Kier molecular flexibility index (Phi) is 4.95. The van der Waals surface area contributed by atoms with Gasteiger partial charge in [0.05, 0.1) is 10.5 Å². The SMILES string of the molecule is Cc1ccc(S(=O)(=O)NCCc2ccccc2)cc1C(=O)O. The zero-order valence-electron chi connectivity index (χ0n) is 12.1. The molecule has 0 aliphatic rings. The highest BCUT2D eigenvalue weighted by atomic mass is 32.2. The number of benzene rings is 2. The second kappa shape index (κ2) is 6.72. The summed E-state index contributed by atoms with van der Waals surface area (Å²) in [5.41, 5.74) is 1.54. The quantitative estimate of drug-likeness (QED) is 0.855. The number of aryl methyl sites for hydroxylation is 1. The van der Waals surface area contributed by atoms with Crippen molar-refractivity contribution < 1.29 is 18.3 Å². The minimum atomic E-state index is -3.72. The molecule has 0 bridgehead atoms. The third-order valence-corrected chi connectivity index (χ3v) is 4.76. The minimum Gasteiger partial charge on any atom is -0.478 e. The van der Waals surface area contributed by atoms with Crippen molar-refractivity contribution in [2.75, 3.05) is 6.54 Å². The highest BCUT2D eigenvalue weighted by molar-refractivity contribution is 7.89. The molecule has 0 heterocycles. The van der Waals surface area contributed by atoms with Gasteiger partial charge in [0.2, 0.25) is 10.0 Å². The highest BCUT2D eigenvalue weighted by Gasteiger charge is 2.17. The molecule has 0 aliphatic carbocycles. The van der Waals surface area contributed by atoms with Crippen LogP contribution in [0, 0.1) is 6.92 Å². The fraction of sp³-hybridized carbons (Fsp3) is 0.188. The first kappa shape index (κ1) is 16.2. The lowest BCUT2D eigenvalue weighted by Gasteiger charge is -2.09. The van der Waals surface area contributed by atoms with Gasteiger partial charge in [-0.25, -0.2) is 17.9 Å². The van der Waals surface area contributed by atoms with E-state index in [1.54, 1.807) is 6.92 Å². The molecule has 22 heavy (non-hydrogen) atoms. The number of hydrogen-bond donors (Lipinski definition) is 2. The summed E-state index contributed by atoms with van der Waals surface area (Å²) in [4.78, 5) is 11.0. The van der Waals surface area contributed by atoms with Gasteiger partial charge in [-0.1, -0.05) is 36.4 Å². The van der Waals surface area contributed by atoms with Crippen molar-refractivity contribution in [1.82, 2.24) is 4.72 Å². The van der Waals surface area contributed by atoms with Gasteiger partial charge in [-0.05, 0) is 36.6 Å². The molecule has 0 saturated heterocycles.